The van der Waals surface area contributed by atoms with Gasteiger partial charge in [-0.1, -0.05) is 13.8 Å². The Hall–Kier alpha value is -0.0800. The second-order valence-corrected chi connectivity index (χ2v) is 6.75. The zero-order valence-corrected chi connectivity index (χ0v) is 11.8. The summed E-state index contributed by atoms with van der Waals surface area (Å²) < 4.78 is 0. The summed E-state index contributed by atoms with van der Waals surface area (Å²) >= 11 is 0. The van der Waals surface area contributed by atoms with Crippen molar-refractivity contribution in [3.05, 3.63) is 0 Å². The first-order valence-corrected chi connectivity index (χ1v) is 6.85. The van der Waals surface area contributed by atoms with Crippen LogP contribution in [0.4, 0.5) is 0 Å². The molecule has 1 rings (SSSR count). The predicted octanol–water partition coefficient (Wildman–Crippen LogP) is 2.79. The van der Waals surface area contributed by atoms with E-state index in [1.807, 2.05) is 0 Å². The Morgan fingerprint density at radius 3 is 2.00 bits per heavy atom. The molecule has 0 radical (unpaired) electrons. The molecule has 0 aromatic rings. The first-order valence-electron chi connectivity index (χ1n) is 6.85. The Kier molecular flexibility index (Phi) is 5.26. The maximum Gasteiger partial charge on any atom is 0.00970 e. The van der Waals surface area contributed by atoms with Crippen molar-refractivity contribution in [2.75, 3.05) is 13.1 Å². The third-order valence-electron chi connectivity index (χ3n) is 3.39. The standard InChI is InChI=1S/C14H30N2/c1-11-8-12(2)10-13(9-11)15-6-7-16-14(3,4)5/h11-13,15-16H,6-10H2,1-5H3. The fourth-order valence-corrected chi connectivity index (χ4v) is 2.83. The van der Waals surface area contributed by atoms with Crippen molar-refractivity contribution in [2.45, 2.75) is 65.5 Å². The third kappa shape index (κ3) is 5.86. The molecule has 1 saturated carbocycles. The summed E-state index contributed by atoms with van der Waals surface area (Å²) in [7, 11) is 0. The van der Waals surface area contributed by atoms with E-state index in [4.69, 9.17) is 0 Å². The van der Waals surface area contributed by atoms with Crippen molar-refractivity contribution < 1.29 is 0 Å². The van der Waals surface area contributed by atoms with Crippen LogP contribution in [0, 0.1) is 11.8 Å². The number of hydrogen-bond donors (Lipinski definition) is 2. The van der Waals surface area contributed by atoms with Crippen LogP contribution in [0.15, 0.2) is 0 Å². The molecule has 2 N–H and O–H groups in total. The Bertz CT molecular complexity index is 185. The molecular weight excluding hydrogens is 196 g/mol. The summed E-state index contributed by atoms with van der Waals surface area (Å²) in [5, 5.41) is 7.21. The lowest BCUT2D eigenvalue weighted by Gasteiger charge is -2.32. The van der Waals surface area contributed by atoms with Gasteiger partial charge in [-0.3, -0.25) is 0 Å². The van der Waals surface area contributed by atoms with E-state index in [9.17, 15) is 0 Å². The van der Waals surface area contributed by atoms with E-state index in [1.165, 1.54) is 19.3 Å². The van der Waals surface area contributed by atoms with Crippen LogP contribution < -0.4 is 10.6 Å². The zero-order valence-electron chi connectivity index (χ0n) is 11.8. The highest BCUT2D eigenvalue weighted by atomic mass is 15.0. The SMILES string of the molecule is CC1CC(C)CC(NCCNC(C)(C)C)C1. The molecule has 0 saturated heterocycles. The fourth-order valence-electron chi connectivity index (χ4n) is 2.83. The largest absolute Gasteiger partial charge is 0.313 e. The minimum Gasteiger partial charge on any atom is -0.313 e. The van der Waals surface area contributed by atoms with Crippen molar-refractivity contribution in [3.8, 4) is 0 Å². The second kappa shape index (κ2) is 6.02. The highest BCUT2D eigenvalue weighted by Crippen LogP contribution is 2.28. The molecule has 0 amide bonds. The van der Waals surface area contributed by atoms with Crippen LogP contribution in [-0.2, 0) is 0 Å². The molecule has 2 unspecified atom stereocenters. The smallest absolute Gasteiger partial charge is 0.00970 e. The molecule has 2 nitrogen and oxygen atoms in total. The molecule has 2 atom stereocenters. The van der Waals surface area contributed by atoms with Gasteiger partial charge in [-0.25, -0.2) is 0 Å². The zero-order chi connectivity index (χ0) is 12.2. The fraction of sp³-hybridized carbons (Fsp3) is 1.00. The van der Waals surface area contributed by atoms with Crippen LogP contribution in [0.1, 0.15) is 53.9 Å². The molecule has 1 aliphatic rings. The summed E-state index contributed by atoms with van der Waals surface area (Å²) in [4.78, 5) is 0. The van der Waals surface area contributed by atoms with Crippen LogP contribution in [0.5, 0.6) is 0 Å². The quantitative estimate of drug-likeness (QED) is 0.720. The molecule has 0 aromatic heterocycles. The van der Waals surface area contributed by atoms with Gasteiger partial charge in [0.2, 0.25) is 0 Å². The highest BCUT2D eigenvalue weighted by Gasteiger charge is 2.23. The van der Waals surface area contributed by atoms with Gasteiger partial charge in [-0.05, 0) is 51.9 Å². The molecule has 1 fully saturated rings. The minimum atomic E-state index is 0.245. The summed E-state index contributed by atoms with van der Waals surface area (Å²) in [5.74, 6) is 1.80. The summed E-state index contributed by atoms with van der Waals surface area (Å²) in [5.41, 5.74) is 0.245. The van der Waals surface area contributed by atoms with Gasteiger partial charge in [0.1, 0.15) is 0 Å². The summed E-state index contributed by atoms with van der Waals surface area (Å²) in [6, 6.07) is 0.750. The van der Waals surface area contributed by atoms with Gasteiger partial charge < -0.3 is 10.6 Å². The average molecular weight is 226 g/mol. The lowest BCUT2D eigenvalue weighted by atomic mass is 9.80. The monoisotopic (exact) mass is 226 g/mol. The summed E-state index contributed by atoms with van der Waals surface area (Å²) in [6.07, 6.45) is 4.14. The van der Waals surface area contributed by atoms with E-state index in [0.29, 0.717) is 0 Å². The Balaban J connectivity index is 2.13. The number of hydrogen-bond acceptors (Lipinski definition) is 2. The van der Waals surface area contributed by atoms with Crippen LogP contribution in [-0.4, -0.2) is 24.7 Å². The van der Waals surface area contributed by atoms with Crippen LogP contribution in [0.2, 0.25) is 0 Å². The van der Waals surface area contributed by atoms with E-state index in [2.05, 4.69) is 45.3 Å². The van der Waals surface area contributed by atoms with E-state index < -0.39 is 0 Å². The van der Waals surface area contributed by atoms with Crippen molar-refractivity contribution in [1.29, 1.82) is 0 Å². The number of nitrogens with one attached hydrogen (secondary N) is 2. The molecule has 0 spiro atoms. The topological polar surface area (TPSA) is 24.1 Å². The van der Waals surface area contributed by atoms with Crippen molar-refractivity contribution in [1.82, 2.24) is 10.6 Å². The second-order valence-electron chi connectivity index (χ2n) is 6.75. The van der Waals surface area contributed by atoms with Crippen LogP contribution >= 0.6 is 0 Å². The van der Waals surface area contributed by atoms with E-state index in [1.54, 1.807) is 0 Å². The van der Waals surface area contributed by atoms with Gasteiger partial charge in [0.15, 0.2) is 0 Å². The van der Waals surface area contributed by atoms with Gasteiger partial charge in [-0.15, -0.1) is 0 Å². The minimum absolute atomic E-state index is 0.245. The molecular formula is C14H30N2. The summed E-state index contributed by atoms with van der Waals surface area (Å²) in [6.45, 7) is 13.6. The maximum absolute atomic E-state index is 3.69. The van der Waals surface area contributed by atoms with Crippen molar-refractivity contribution >= 4 is 0 Å². The Morgan fingerprint density at radius 1 is 0.938 bits per heavy atom. The number of rotatable bonds is 4. The average Bonchev–Trinajstić information content (AvgIpc) is 2.09. The van der Waals surface area contributed by atoms with Crippen molar-refractivity contribution in [3.63, 3.8) is 0 Å². The van der Waals surface area contributed by atoms with Gasteiger partial charge in [0.25, 0.3) is 0 Å². The maximum atomic E-state index is 3.69. The van der Waals surface area contributed by atoms with Crippen LogP contribution in [0.25, 0.3) is 0 Å². The highest BCUT2D eigenvalue weighted by molar-refractivity contribution is 4.80. The van der Waals surface area contributed by atoms with Gasteiger partial charge >= 0.3 is 0 Å². The molecule has 0 bridgehead atoms. The molecule has 16 heavy (non-hydrogen) atoms. The molecule has 0 aromatic carbocycles. The van der Waals surface area contributed by atoms with E-state index in [-0.39, 0.29) is 5.54 Å². The van der Waals surface area contributed by atoms with Crippen molar-refractivity contribution in [2.24, 2.45) is 11.8 Å². The van der Waals surface area contributed by atoms with Gasteiger partial charge in [-0.2, -0.15) is 0 Å². The third-order valence-corrected chi connectivity index (χ3v) is 3.39. The first-order chi connectivity index (χ1) is 7.37. The van der Waals surface area contributed by atoms with E-state index in [0.717, 1.165) is 31.0 Å². The normalized spacial score (nSPS) is 31.7. The first kappa shape index (κ1) is 14.0. The van der Waals surface area contributed by atoms with Gasteiger partial charge in [0, 0.05) is 24.7 Å². The Labute approximate surface area is 102 Å². The lowest BCUT2D eigenvalue weighted by molar-refractivity contribution is 0.238. The molecule has 0 heterocycles. The molecule has 1 aliphatic carbocycles. The van der Waals surface area contributed by atoms with Gasteiger partial charge in [0.05, 0.1) is 0 Å². The molecule has 0 aliphatic heterocycles. The lowest BCUT2D eigenvalue weighted by Crippen LogP contribution is -2.44. The predicted molar refractivity (Wildman–Crippen MR) is 71.7 cm³/mol. The van der Waals surface area contributed by atoms with Crippen LogP contribution in [0.3, 0.4) is 0 Å². The Morgan fingerprint density at radius 2 is 1.50 bits per heavy atom. The molecule has 96 valence electrons. The molecule has 2 heteroatoms. The van der Waals surface area contributed by atoms with E-state index >= 15 is 0 Å².